The number of rotatable bonds is 5. The minimum atomic E-state index is -4.55. The quantitative estimate of drug-likeness (QED) is 0.676. The molecule has 0 saturated heterocycles. The molecule has 2 amide bonds. The second-order valence-corrected chi connectivity index (χ2v) is 7.45. The summed E-state index contributed by atoms with van der Waals surface area (Å²) < 4.78 is 43.3. The van der Waals surface area contributed by atoms with Crippen molar-refractivity contribution in [2.75, 3.05) is 17.7 Å². The van der Waals surface area contributed by atoms with E-state index in [1.165, 1.54) is 19.1 Å². The summed E-state index contributed by atoms with van der Waals surface area (Å²) in [5.41, 5.74) is -0.672. The number of alkyl halides is 3. The summed E-state index contributed by atoms with van der Waals surface area (Å²) in [5, 5.41) is 5.12. The fraction of sp³-hybridized carbons (Fsp3) is 0.316. The minimum Gasteiger partial charge on any atom is -0.465 e. The molecule has 156 valence electrons. The molecular weight excluding hydrogens is 409 g/mol. The van der Waals surface area contributed by atoms with E-state index in [1.54, 1.807) is 13.8 Å². The van der Waals surface area contributed by atoms with Gasteiger partial charge in [0.2, 0.25) is 5.91 Å². The molecule has 0 bridgehead atoms. The van der Waals surface area contributed by atoms with Crippen LogP contribution in [-0.2, 0) is 15.7 Å². The van der Waals surface area contributed by atoms with Crippen molar-refractivity contribution in [1.82, 2.24) is 0 Å². The number of esters is 1. The minimum absolute atomic E-state index is 0.0284. The van der Waals surface area contributed by atoms with Gasteiger partial charge < -0.3 is 15.4 Å². The fourth-order valence-electron chi connectivity index (χ4n) is 2.38. The van der Waals surface area contributed by atoms with Crippen molar-refractivity contribution >= 4 is 39.8 Å². The predicted octanol–water partition coefficient (Wildman–Crippen LogP) is 4.71. The number of carbonyl (C=O) groups excluding carboxylic acids is 3. The molecule has 0 fully saturated rings. The fourth-order valence-corrected chi connectivity index (χ4v) is 3.48. The van der Waals surface area contributed by atoms with Crippen LogP contribution in [0.2, 0.25) is 0 Å². The van der Waals surface area contributed by atoms with Crippen LogP contribution in [0.15, 0.2) is 24.3 Å². The summed E-state index contributed by atoms with van der Waals surface area (Å²) in [6, 6.07) is 4.19. The third-order valence-electron chi connectivity index (χ3n) is 3.95. The van der Waals surface area contributed by atoms with Crippen LogP contribution in [0.5, 0.6) is 0 Å². The molecule has 6 nitrogen and oxygen atoms in total. The van der Waals surface area contributed by atoms with Gasteiger partial charge in [0.15, 0.2) is 0 Å². The van der Waals surface area contributed by atoms with Gasteiger partial charge in [-0.3, -0.25) is 9.59 Å². The Kier molecular flexibility index (Phi) is 6.68. The van der Waals surface area contributed by atoms with Crippen LogP contribution in [0.3, 0.4) is 0 Å². The Balaban J connectivity index is 2.39. The molecule has 0 aliphatic heterocycles. The van der Waals surface area contributed by atoms with Gasteiger partial charge in [0.25, 0.3) is 5.91 Å². The summed E-state index contributed by atoms with van der Waals surface area (Å²) in [7, 11) is 1.16. The van der Waals surface area contributed by atoms with E-state index in [-0.39, 0.29) is 38.5 Å². The molecule has 29 heavy (non-hydrogen) atoms. The molecule has 0 radical (unpaired) electrons. The zero-order valence-corrected chi connectivity index (χ0v) is 16.9. The number of anilines is 2. The third kappa shape index (κ3) is 5.14. The van der Waals surface area contributed by atoms with Crippen molar-refractivity contribution in [2.45, 2.75) is 26.9 Å². The molecule has 10 heteroatoms. The number of nitrogens with one attached hydrogen (secondary N) is 2. The van der Waals surface area contributed by atoms with Crippen LogP contribution in [0.1, 0.15) is 45.0 Å². The first-order valence-corrected chi connectivity index (χ1v) is 9.28. The van der Waals surface area contributed by atoms with Gasteiger partial charge in [-0.15, -0.1) is 11.3 Å². The Morgan fingerprint density at radius 3 is 2.34 bits per heavy atom. The van der Waals surface area contributed by atoms with E-state index in [9.17, 15) is 27.6 Å². The maximum Gasteiger partial charge on any atom is 0.416 e. The lowest BCUT2D eigenvalue weighted by atomic mass is 10.1. The lowest BCUT2D eigenvalue weighted by Crippen LogP contribution is -2.19. The first kappa shape index (κ1) is 22.4. The maximum absolute atomic E-state index is 12.9. The molecule has 0 saturated carbocycles. The van der Waals surface area contributed by atoms with Gasteiger partial charge in [-0.1, -0.05) is 19.9 Å². The molecule has 2 N–H and O–H groups in total. The number of thiophene rings is 1. The molecular formula is C19H19F3N2O4S. The molecule has 0 spiro atoms. The van der Waals surface area contributed by atoms with E-state index in [1.807, 2.05) is 0 Å². The van der Waals surface area contributed by atoms with Gasteiger partial charge in [0.1, 0.15) is 5.00 Å². The Morgan fingerprint density at radius 2 is 1.79 bits per heavy atom. The van der Waals surface area contributed by atoms with Crippen molar-refractivity contribution in [3.8, 4) is 0 Å². The second-order valence-electron chi connectivity index (χ2n) is 6.43. The van der Waals surface area contributed by atoms with Crippen LogP contribution in [0, 0.1) is 12.8 Å². The molecule has 1 heterocycles. The van der Waals surface area contributed by atoms with E-state index in [0.717, 1.165) is 30.6 Å². The largest absolute Gasteiger partial charge is 0.465 e. The van der Waals surface area contributed by atoms with Gasteiger partial charge in [-0.2, -0.15) is 13.2 Å². The van der Waals surface area contributed by atoms with Gasteiger partial charge in [0, 0.05) is 11.6 Å². The normalized spacial score (nSPS) is 11.3. The smallest absolute Gasteiger partial charge is 0.416 e. The number of ether oxygens (including phenoxy) is 1. The van der Waals surface area contributed by atoms with Crippen LogP contribution < -0.4 is 10.6 Å². The van der Waals surface area contributed by atoms with Gasteiger partial charge in [0.05, 0.1) is 23.1 Å². The third-order valence-corrected chi connectivity index (χ3v) is 5.16. The number of hydrogen-bond acceptors (Lipinski definition) is 5. The molecule has 0 aliphatic carbocycles. The standard InChI is InChI=1S/C19H19F3N2O4S/c1-9(2)15(25)24-17-13(18(27)28-4)10(3)14(29-17)16(26)23-12-7-5-6-11(8-12)19(20,21)22/h5-9H,1-4H3,(H,23,26)(H,24,25). The summed E-state index contributed by atoms with van der Waals surface area (Å²) in [6.45, 7) is 4.82. The number of benzene rings is 1. The van der Waals surface area contributed by atoms with E-state index in [0.29, 0.717) is 0 Å². The Morgan fingerprint density at radius 1 is 1.14 bits per heavy atom. The number of carbonyl (C=O) groups is 3. The maximum atomic E-state index is 12.9. The first-order chi connectivity index (χ1) is 13.5. The number of halogens is 3. The van der Waals surface area contributed by atoms with E-state index in [4.69, 9.17) is 4.74 Å². The highest BCUT2D eigenvalue weighted by atomic mass is 32.1. The molecule has 2 rings (SSSR count). The summed E-state index contributed by atoms with van der Waals surface area (Å²) in [6.07, 6.45) is -4.55. The number of methoxy groups -OCH3 is 1. The van der Waals surface area contributed by atoms with Crippen LogP contribution in [-0.4, -0.2) is 24.9 Å². The van der Waals surface area contributed by atoms with Gasteiger partial charge in [-0.05, 0) is 30.7 Å². The highest BCUT2D eigenvalue weighted by molar-refractivity contribution is 7.18. The Labute approximate surface area is 169 Å². The first-order valence-electron chi connectivity index (χ1n) is 8.46. The topological polar surface area (TPSA) is 84.5 Å². The van der Waals surface area contributed by atoms with Gasteiger partial charge in [-0.25, -0.2) is 4.79 Å². The lowest BCUT2D eigenvalue weighted by Gasteiger charge is -2.09. The Bertz CT molecular complexity index is 951. The zero-order valence-electron chi connectivity index (χ0n) is 16.1. The average Bonchev–Trinajstić information content (AvgIpc) is 2.96. The SMILES string of the molecule is COC(=O)c1c(NC(=O)C(C)C)sc(C(=O)Nc2cccc(C(F)(F)F)c2)c1C. The van der Waals surface area contributed by atoms with Crippen LogP contribution in [0.25, 0.3) is 0 Å². The van der Waals surface area contributed by atoms with Crippen LogP contribution >= 0.6 is 11.3 Å². The molecule has 0 unspecified atom stereocenters. The van der Waals surface area contributed by atoms with Crippen molar-refractivity contribution in [2.24, 2.45) is 5.92 Å². The highest BCUT2D eigenvalue weighted by Crippen LogP contribution is 2.35. The van der Waals surface area contributed by atoms with Gasteiger partial charge >= 0.3 is 12.1 Å². The molecule has 0 aliphatic rings. The highest BCUT2D eigenvalue weighted by Gasteiger charge is 2.31. The van der Waals surface area contributed by atoms with E-state index in [2.05, 4.69) is 10.6 Å². The number of hydrogen-bond donors (Lipinski definition) is 2. The monoisotopic (exact) mass is 428 g/mol. The number of amides is 2. The van der Waals surface area contributed by atoms with Crippen molar-refractivity contribution in [3.05, 3.63) is 45.8 Å². The average molecular weight is 428 g/mol. The van der Waals surface area contributed by atoms with E-state index < -0.39 is 23.6 Å². The predicted molar refractivity (Wildman–Crippen MR) is 103 cm³/mol. The molecule has 1 aromatic carbocycles. The zero-order chi connectivity index (χ0) is 21.9. The molecule has 0 atom stereocenters. The van der Waals surface area contributed by atoms with Crippen LogP contribution in [0.4, 0.5) is 23.9 Å². The Hall–Kier alpha value is -2.88. The lowest BCUT2D eigenvalue weighted by molar-refractivity contribution is -0.137. The molecule has 2 aromatic rings. The van der Waals surface area contributed by atoms with Crippen molar-refractivity contribution in [1.29, 1.82) is 0 Å². The van der Waals surface area contributed by atoms with E-state index >= 15 is 0 Å². The van der Waals surface area contributed by atoms with Crippen molar-refractivity contribution in [3.63, 3.8) is 0 Å². The van der Waals surface area contributed by atoms with Crippen molar-refractivity contribution < 1.29 is 32.3 Å². The second kappa shape index (κ2) is 8.64. The summed E-state index contributed by atoms with van der Waals surface area (Å²) >= 11 is 0.846. The summed E-state index contributed by atoms with van der Waals surface area (Å²) in [5.74, 6) is -2.18. The summed E-state index contributed by atoms with van der Waals surface area (Å²) in [4.78, 5) is 36.9. The molecule has 1 aromatic heterocycles.